The third kappa shape index (κ3) is 7.06. The molecule has 0 radical (unpaired) electrons. The summed E-state index contributed by atoms with van der Waals surface area (Å²) in [6.45, 7) is 9.13. The standard InChI is InChI=1S/C14H30N4O2S/c19-21(20)13-11-17-7-1-3-15-5-10-18(12-14-21)8-2-4-16-6-9-17/h15-16H,1-14H2. The number of nitrogens with one attached hydrogen (secondary N) is 2. The number of rotatable bonds is 0. The van der Waals surface area contributed by atoms with E-state index in [1.54, 1.807) is 0 Å². The molecule has 2 rings (SSSR count). The summed E-state index contributed by atoms with van der Waals surface area (Å²) in [4.78, 5) is 4.58. The van der Waals surface area contributed by atoms with Crippen LogP contribution in [0.15, 0.2) is 0 Å². The van der Waals surface area contributed by atoms with Crippen molar-refractivity contribution in [1.29, 1.82) is 0 Å². The van der Waals surface area contributed by atoms with Gasteiger partial charge in [0.15, 0.2) is 9.84 Å². The van der Waals surface area contributed by atoms with Gasteiger partial charge >= 0.3 is 0 Å². The molecule has 2 N–H and O–H groups in total. The van der Waals surface area contributed by atoms with Gasteiger partial charge in [-0.2, -0.15) is 0 Å². The first-order chi connectivity index (χ1) is 10.2. The highest BCUT2D eigenvalue weighted by molar-refractivity contribution is 7.91. The highest BCUT2D eigenvalue weighted by atomic mass is 32.2. The van der Waals surface area contributed by atoms with Gasteiger partial charge < -0.3 is 20.4 Å². The molecule has 2 atom stereocenters. The zero-order valence-electron chi connectivity index (χ0n) is 13.0. The van der Waals surface area contributed by atoms with Crippen LogP contribution >= 0.6 is 0 Å². The molecular weight excluding hydrogens is 288 g/mol. The molecule has 0 aromatic heterocycles. The van der Waals surface area contributed by atoms with E-state index in [4.69, 9.17) is 0 Å². The largest absolute Gasteiger partial charge is 0.315 e. The van der Waals surface area contributed by atoms with E-state index in [0.717, 1.165) is 65.2 Å². The number of hydrogen-bond acceptors (Lipinski definition) is 6. The first-order valence-electron chi connectivity index (χ1n) is 8.22. The van der Waals surface area contributed by atoms with E-state index >= 15 is 0 Å². The quantitative estimate of drug-likeness (QED) is 0.597. The fourth-order valence-electron chi connectivity index (χ4n) is 2.89. The Labute approximate surface area is 129 Å². The Bertz CT molecular complexity index is 342. The van der Waals surface area contributed by atoms with Crippen molar-refractivity contribution in [2.75, 3.05) is 77.0 Å². The van der Waals surface area contributed by atoms with Crippen molar-refractivity contribution >= 4 is 9.84 Å². The van der Waals surface area contributed by atoms with Gasteiger partial charge in [0.2, 0.25) is 0 Å². The molecule has 2 fully saturated rings. The van der Waals surface area contributed by atoms with Gasteiger partial charge in [-0.05, 0) is 39.0 Å². The second-order valence-corrected chi connectivity index (χ2v) is 8.35. The van der Waals surface area contributed by atoms with Gasteiger partial charge in [-0.1, -0.05) is 0 Å². The van der Waals surface area contributed by atoms with Crippen molar-refractivity contribution in [2.45, 2.75) is 12.8 Å². The Morgan fingerprint density at radius 2 is 1.10 bits per heavy atom. The number of hydrogen-bond donors (Lipinski definition) is 2. The van der Waals surface area contributed by atoms with Crippen LogP contribution in [-0.2, 0) is 9.84 Å². The van der Waals surface area contributed by atoms with Crippen LogP contribution in [0.3, 0.4) is 0 Å². The molecule has 0 aliphatic carbocycles. The molecule has 6 nitrogen and oxygen atoms in total. The van der Waals surface area contributed by atoms with E-state index < -0.39 is 9.84 Å². The molecule has 2 aliphatic rings. The summed E-state index contributed by atoms with van der Waals surface area (Å²) in [5, 5.41) is 6.96. The fourth-order valence-corrected chi connectivity index (χ4v) is 4.17. The SMILES string of the molecule is O=S1(=O)CCN2CCCNCCN(CCCNCC2)CC1. The summed E-state index contributed by atoms with van der Waals surface area (Å²) in [7, 11) is -2.93. The normalized spacial score (nSPS) is 33.3. The van der Waals surface area contributed by atoms with Crippen LogP contribution in [-0.4, -0.2) is 95.2 Å². The average Bonchev–Trinajstić information content (AvgIpc) is 2.48. The predicted octanol–water partition coefficient (Wildman–Crippen LogP) is -1.01. The minimum atomic E-state index is -2.93. The second-order valence-electron chi connectivity index (χ2n) is 6.04. The lowest BCUT2D eigenvalue weighted by Gasteiger charge is -2.23. The second kappa shape index (κ2) is 9.05. The summed E-state index contributed by atoms with van der Waals surface area (Å²) in [6.07, 6.45) is 2.17. The van der Waals surface area contributed by atoms with Crippen molar-refractivity contribution in [3.63, 3.8) is 0 Å². The molecule has 0 spiro atoms. The van der Waals surface area contributed by atoms with E-state index in [1.165, 1.54) is 0 Å². The Balaban J connectivity index is 2.06. The highest BCUT2D eigenvalue weighted by Crippen LogP contribution is 2.01. The van der Waals surface area contributed by atoms with Crippen LogP contribution in [0.2, 0.25) is 0 Å². The molecule has 124 valence electrons. The summed E-state index contributed by atoms with van der Waals surface area (Å²) >= 11 is 0. The van der Waals surface area contributed by atoms with E-state index in [9.17, 15) is 8.42 Å². The summed E-state index contributed by atoms with van der Waals surface area (Å²) < 4.78 is 24.4. The summed E-state index contributed by atoms with van der Waals surface area (Å²) in [5.41, 5.74) is 0. The fraction of sp³-hybridized carbons (Fsp3) is 1.00. The van der Waals surface area contributed by atoms with Gasteiger partial charge in [-0.15, -0.1) is 0 Å². The van der Waals surface area contributed by atoms with Crippen molar-refractivity contribution < 1.29 is 8.42 Å². The van der Waals surface area contributed by atoms with Crippen LogP contribution in [0.25, 0.3) is 0 Å². The summed E-state index contributed by atoms with van der Waals surface area (Å²) in [6, 6.07) is 0. The van der Waals surface area contributed by atoms with E-state index in [-0.39, 0.29) is 0 Å². The van der Waals surface area contributed by atoms with Gasteiger partial charge in [0.25, 0.3) is 0 Å². The maximum atomic E-state index is 12.2. The first-order valence-corrected chi connectivity index (χ1v) is 10.0. The van der Waals surface area contributed by atoms with Gasteiger partial charge in [0.05, 0.1) is 11.5 Å². The van der Waals surface area contributed by atoms with Crippen molar-refractivity contribution in [3.8, 4) is 0 Å². The topological polar surface area (TPSA) is 64.7 Å². The molecule has 7 heteroatoms. The molecule has 2 saturated heterocycles. The van der Waals surface area contributed by atoms with Crippen LogP contribution in [0.4, 0.5) is 0 Å². The summed E-state index contributed by atoms with van der Waals surface area (Å²) in [5.74, 6) is 0.600. The lowest BCUT2D eigenvalue weighted by molar-refractivity contribution is 0.265. The zero-order chi connectivity index (χ0) is 15.0. The number of sulfone groups is 1. The van der Waals surface area contributed by atoms with Crippen molar-refractivity contribution in [1.82, 2.24) is 20.4 Å². The third-order valence-electron chi connectivity index (χ3n) is 4.30. The lowest BCUT2D eigenvalue weighted by Crippen LogP contribution is -2.38. The van der Waals surface area contributed by atoms with Crippen LogP contribution in [0.1, 0.15) is 12.8 Å². The molecule has 21 heavy (non-hydrogen) atoms. The number of nitrogens with zero attached hydrogens (tertiary/aromatic N) is 2. The van der Waals surface area contributed by atoms with Crippen molar-refractivity contribution in [2.24, 2.45) is 0 Å². The van der Waals surface area contributed by atoms with Gasteiger partial charge in [-0.25, -0.2) is 8.42 Å². The van der Waals surface area contributed by atoms with E-state index in [1.807, 2.05) is 0 Å². The molecule has 2 bridgehead atoms. The smallest absolute Gasteiger partial charge is 0.152 e. The molecule has 0 aromatic carbocycles. The average molecular weight is 318 g/mol. The van der Waals surface area contributed by atoms with Gasteiger partial charge in [0.1, 0.15) is 0 Å². The Kier molecular flexibility index (Phi) is 7.39. The first kappa shape index (κ1) is 17.1. The van der Waals surface area contributed by atoms with E-state index in [2.05, 4.69) is 20.4 Å². The molecule has 0 saturated carbocycles. The van der Waals surface area contributed by atoms with Crippen LogP contribution < -0.4 is 10.6 Å². The van der Waals surface area contributed by atoms with E-state index in [0.29, 0.717) is 24.6 Å². The monoisotopic (exact) mass is 318 g/mol. The molecular formula is C14H30N4O2S. The maximum absolute atomic E-state index is 12.2. The molecule has 0 amide bonds. The van der Waals surface area contributed by atoms with Crippen LogP contribution in [0, 0.1) is 0 Å². The van der Waals surface area contributed by atoms with Crippen LogP contribution in [0.5, 0.6) is 0 Å². The minimum Gasteiger partial charge on any atom is -0.315 e. The Morgan fingerprint density at radius 3 is 1.57 bits per heavy atom. The Hall–Kier alpha value is -0.210. The zero-order valence-corrected chi connectivity index (χ0v) is 13.8. The Morgan fingerprint density at radius 1 is 0.619 bits per heavy atom. The molecule has 0 aromatic rings. The van der Waals surface area contributed by atoms with Crippen molar-refractivity contribution in [3.05, 3.63) is 0 Å². The van der Waals surface area contributed by atoms with Gasteiger partial charge in [-0.3, -0.25) is 0 Å². The predicted molar refractivity (Wildman–Crippen MR) is 86.5 cm³/mol. The lowest BCUT2D eigenvalue weighted by atomic mass is 10.3. The molecule has 2 heterocycles. The third-order valence-corrected chi connectivity index (χ3v) is 5.91. The molecule has 2 unspecified atom stereocenters. The maximum Gasteiger partial charge on any atom is 0.152 e. The van der Waals surface area contributed by atoms with Gasteiger partial charge in [0, 0.05) is 39.3 Å². The molecule has 2 aliphatic heterocycles. The highest BCUT2D eigenvalue weighted by Gasteiger charge is 2.17. The number of fused-ring (bicyclic) bond motifs is 6. The minimum absolute atomic E-state index is 0.300.